The smallest absolute Gasteiger partial charge is 0.274 e. The molecule has 1 atom stereocenters. The number of thiophene rings is 1. The molecule has 4 N–H and O–H groups in total. The first-order valence-electron chi connectivity index (χ1n) is 8.67. The van der Waals surface area contributed by atoms with Gasteiger partial charge >= 0.3 is 0 Å². The molecule has 0 saturated heterocycles. The number of rotatable bonds is 6. The molecule has 0 aliphatic heterocycles. The molecule has 0 fully saturated rings. The van der Waals surface area contributed by atoms with E-state index in [9.17, 15) is 14.4 Å². The molecule has 1 aliphatic rings. The van der Waals surface area contributed by atoms with Gasteiger partial charge in [-0.15, -0.1) is 11.3 Å². The van der Waals surface area contributed by atoms with Crippen molar-refractivity contribution >= 4 is 34.1 Å². The predicted octanol–water partition coefficient (Wildman–Crippen LogP) is 2.27. The van der Waals surface area contributed by atoms with Gasteiger partial charge in [0.15, 0.2) is 6.61 Å². The molecule has 8 heteroatoms. The van der Waals surface area contributed by atoms with E-state index in [0.29, 0.717) is 22.0 Å². The van der Waals surface area contributed by atoms with Crippen molar-refractivity contribution in [3.63, 3.8) is 0 Å². The molecule has 2 aromatic rings. The third-order valence-electron chi connectivity index (χ3n) is 4.42. The zero-order valence-corrected chi connectivity index (χ0v) is 15.7. The van der Waals surface area contributed by atoms with Crippen LogP contribution in [0.1, 0.15) is 44.5 Å². The Morgan fingerprint density at radius 3 is 2.70 bits per heavy atom. The number of hydrogen-bond donors (Lipinski definition) is 3. The molecule has 3 amide bonds. The lowest BCUT2D eigenvalue weighted by Crippen LogP contribution is -2.29. The van der Waals surface area contributed by atoms with E-state index in [4.69, 9.17) is 10.6 Å². The zero-order valence-electron chi connectivity index (χ0n) is 14.9. The summed E-state index contributed by atoms with van der Waals surface area (Å²) in [6.07, 6.45) is 2.65. The zero-order chi connectivity index (χ0) is 19.4. The fraction of sp³-hybridized carbons (Fsp3) is 0.316. The molecule has 1 aromatic carbocycles. The summed E-state index contributed by atoms with van der Waals surface area (Å²) in [5.41, 5.74) is 9.51. The van der Waals surface area contributed by atoms with Crippen LogP contribution in [0, 0.1) is 5.92 Å². The summed E-state index contributed by atoms with van der Waals surface area (Å²) in [5, 5.41) is 3.13. The number of fused-ring (bicyclic) bond motifs is 1. The lowest BCUT2D eigenvalue weighted by atomic mass is 9.88. The summed E-state index contributed by atoms with van der Waals surface area (Å²) in [6, 6.07) is 8.52. The highest BCUT2D eigenvalue weighted by molar-refractivity contribution is 7.17. The van der Waals surface area contributed by atoms with Crippen molar-refractivity contribution in [2.75, 3.05) is 11.9 Å². The summed E-state index contributed by atoms with van der Waals surface area (Å²) in [5.74, 6) is -0.924. The first kappa shape index (κ1) is 19.1. The van der Waals surface area contributed by atoms with Gasteiger partial charge in [0.2, 0.25) is 0 Å². The molecule has 0 bridgehead atoms. The lowest BCUT2D eigenvalue weighted by Gasteiger charge is -2.18. The number of nitrogens with two attached hydrogens (primary N) is 1. The van der Waals surface area contributed by atoms with Crippen molar-refractivity contribution in [3.05, 3.63) is 51.9 Å². The van der Waals surface area contributed by atoms with Gasteiger partial charge in [0.25, 0.3) is 17.7 Å². The molecular formula is C19H21N3O4S. The van der Waals surface area contributed by atoms with Gasteiger partial charge in [-0.2, -0.15) is 0 Å². The Labute approximate surface area is 160 Å². The lowest BCUT2D eigenvalue weighted by molar-refractivity contribution is -0.122. The van der Waals surface area contributed by atoms with Gasteiger partial charge in [-0.1, -0.05) is 25.1 Å². The number of nitrogens with one attached hydrogen (secondary N) is 2. The maximum atomic E-state index is 12.1. The quantitative estimate of drug-likeness (QED) is 0.660. The van der Waals surface area contributed by atoms with E-state index in [-0.39, 0.29) is 6.61 Å². The van der Waals surface area contributed by atoms with E-state index in [1.165, 1.54) is 11.3 Å². The average Bonchev–Trinajstić information content (AvgIpc) is 2.99. The van der Waals surface area contributed by atoms with E-state index < -0.39 is 17.7 Å². The summed E-state index contributed by atoms with van der Waals surface area (Å²) < 4.78 is 0. The number of carbonyl (C=O) groups excluding carboxylic acids is 3. The molecule has 3 rings (SSSR count). The van der Waals surface area contributed by atoms with Crippen molar-refractivity contribution in [2.24, 2.45) is 11.7 Å². The number of carbonyl (C=O) groups is 3. The Balaban J connectivity index is 1.59. The molecule has 0 saturated carbocycles. The number of anilines is 1. The van der Waals surface area contributed by atoms with Crippen LogP contribution in [0.2, 0.25) is 0 Å². The fourth-order valence-corrected chi connectivity index (χ4v) is 4.51. The molecule has 0 radical (unpaired) electrons. The second kappa shape index (κ2) is 8.32. The third kappa shape index (κ3) is 4.53. The molecule has 0 spiro atoms. The molecule has 142 valence electrons. The van der Waals surface area contributed by atoms with E-state index in [1.54, 1.807) is 30.3 Å². The normalized spacial score (nSPS) is 15.7. The fourth-order valence-electron chi connectivity index (χ4n) is 3.08. The maximum absolute atomic E-state index is 12.1. The molecule has 27 heavy (non-hydrogen) atoms. The minimum atomic E-state index is -0.546. The van der Waals surface area contributed by atoms with Crippen molar-refractivity contribution in [3.8, 4) is 0 Å². The Morgan fingerprint density at radius 2 is 2.00 bits per heavy atom. The largest absolute Gasteiger partial charge is 0.365 e. The van der Waals surface area contributed by atoms with Crippen LogP contribution >= 0.6 is 11.3 Å². The average molecular weight is 387 g/mol. The van der Waals surface area contributed by atoms with Crippen LogP contribution < -0.4 is 16.5 Å². The Hall–Kier alpha value is -2.71. The minimum Gasteiger partial charge on any atom is -0.365 e. The van der Waals surface area contributed by atoms with Gasteiger partial charge < -0.3 is 11.1 Å². The van der Waals surface area contributed by atoms with Crippen molar-refractivity contribution in [1.82, 2.24) is 5.48 Å². The van der Waals surface area contributed by atoms with Gasteiger partial charge in [-0.05, 0) is 42.9 Å². The second-order valence-corrected chi connectivity index (χ2v) is 7.66. The SMILES string of the molecule is CC1CCc2c(sc(NC(=O)CONC(=O)c3ccccc3)c2C(N)=O)C1. The first-order chi connectivity index (χ1) is 13.0. The van der Waals surface area contributed by atoms with Crippen molar-refractivity contribution < 1.29 is 19.2 Å². The number of amides is 3. The van der Waals surface area contributed by atoms with Gasteiger partial charge in [0, 0.05) is 10.4 Å². The van der Waals surface area contributed by atoms with Crippen LogP contribution in [0.4, 0.5) is 5.00 Å². The number of hydrogen-bond acceptors (Lipinski definition) is 5. The second-order valence-electron chi connectivity index (χ2n) is 6.55. The Bertz CT molecular complexity index is 863. The highest BCUT2D eigenvalue weighted by atomic mass is 32.1. The van der Waals surface area contributed by atoms with Crippen LogP contribution in [0.15, 0.2) is 30.3 Å². The van der Waals surface area contributed by atoms with Crippen molar-refractivity contribution in [1.29, 1.82) is 0 Å². The van der Waals surface area contributed by atoms with Gasteiger partial charge in [0.05, 0.1) is 5.56 Å². The van der Waals surface area contributed by atoms with Crippen LogP contribution in [-0.4, -0.2) is 24.3 Å². The first-order valence-corrected chi connectivity index (χ1v) is 9.48. The van der Waals surface area contributed by atoms with Gasteiger partial charge in [-0.25, -0.2) is 5.48 Å². The van der Waals surface area contributed by atoms with Crippen molar-refractivity contribution in [2.45, 2.75) is 26.2 Å². The minimum absolute atomic E-state index is 0.379. The summed E-state index contributed by atoms with van der Waals surface area (Å²) >= 11 is 1.38. The highest BCUT2D eigenvalue weighted by Crippen LogP contribution is 2.39. The molecular weight excluding hydrogens is 366 g/mol. The third-order valence-corrected chi connectivity index (χ3v) is 5.58. The number of benzene rings is 1. The highest BCUT2D eigenvalue weighted by Gasteiger charge is 2.27. The topological polar surface area (TPSA) is 111 Å². The summed E-state index contributed by atoms with van der Waals surface area (Å²) in [4.78, 5) is 42.0. The van der Waals surface area contributed by atoms with E-state index in [2.05, 4.69) is 17.7 Å². The maximum Gasteiger partial charge on any atom is 0.274 e. The van der Waals surface area contributed by atoms with Gasteiger partial charge in [-0.3, -0.25) is 19.2 Å². The number of primary amides is 1. The Kier molecular flexibility index (Phi) is 5.88. The van der Waals surface area contributed by atoms with E-state index in [1.807, 2.05) is 0 Å². The summed E-state index contributed by atoms with van der Waals surface area (Å²) in [6.45, 7) is 1.78. The molecule has 7 nitrogen and oxygen atoms in total. The monoisotopic (exact) mass is 387 g/mol. The molecule has 1 heterocycles. The molecule has 1 aromatic heterocycles. The molecule has 1 unspecified atom stereocenters. The summed E-state index contributed by atoms with van der Waals surface area (Å²) in [7, 11) is 0. The van der Waals surface area contributed by atoms with E-state index >= 15 is 0 Å². The van der Waals surface area contributed by atoms with E-state index in [0.717, 1.165) is 29.7 Å². The molecule has 1 aliphatic carbocycles. The van der Waals surface area contributed by atoms with Gasteiger partial charge in [0.1, 0.15) is 5.00 Å². The Morgan fingerprint density at radius 1 is 1.26 bits per heavy atom. The van der Waals surface area contributed by atoms with Crippen LogP contribution in [-0.2, 0) is 22.5 Å². The number of hydroxylamine groups is 1. The predicted molar refractivity (Wildman–Crippen MR) is 103 cm³/mol. The standard InChI is InChI=1S/C19H21N3O4S/c1-11-7-8-13-14(9-11)27-19(16(13)17(20)24)21-15(23)10-26-22-18(25)12-5-3-2-4-6-12/h2-6,11H,7-10H2,1H3,(H2,20,24)(H,21,23)(H,22,25). The van der Waals surface area contributed by atoms with Crippen LogP contribution in [0.5, 0.6) is 0 Å². The van der Waals surface area contributed by atoms with Crippen LogP contribution in [0.25, 0.3) is 0 Å². The van der Waals surface area contributed by atoms with Crippen LogP contribution in [0.3, 0.4) is 0 Å².